The lowest BCUT2D eigenvalue weighted by Gasteiger charge is -1.89. The van der Waals surface area contributed by atoms with Crippen molar-refractivity contribution in [1.29, 1.82) is 0 Å². The Kier molecular flexibility index (Phi) is 15.8. The van der Waals surface area contributed by atoms with Crippen LogP contribution in [0.4, 0.5) is 0 Å². The molecule has 0 aromatic rings. The first-order valence-corrected chi connectivity index (χ1v) is 8.24. The third-order valence-electron chi connectivity index (χ3n) is 2.92. The summed E-state index contributed by atoms with van der Waals surface area (Å²) in [6.45, 7) is 2.14. The molecule has 0 unspecified atom stereocenters. The molecule has 1 N–H and O–H groups in total. The van der Waals surface area contributed by atoms with Gasteiger partial charge in [0, 0.05) is 6.42 Å². The van der Waals surface area contributed by atoms with E-state index in [9.17, 15) is 4.79 Å². The molecule has 0 atom stereocenters. The zero-order chi connectivity index (χ0) is 16.3. The summed E-state index contributed by atoms with van der Waals surface area (Å²) in [6, 6.07) is 0. The first-order chi connectivity index (χ1) is 10.8. The lowest BCUT2D eigenvalue weighted by Crippen LogP contribution is -1.92. The maximum Gasteiger partial charge on any atom is 0.303 e. The van der Waals surface area contributed by atoms with E-state index in [4.69, 9.17) is 5.11 Å². The average Bonchev–Trinajstić information content (AvgIpc) is 2.50. The molecule has 22 heavy (non-hydrogen) atoms. The van der Waals surface area contributed by atoms with Crippen molar-refractivity contribution in [1.82, 2.24) is 0 Å². The van der Waals surface area contributed by atoms with E-state index in [1.165, 1.54) is 0 Å². The fraction of sp³-hybridized carbons (Fsp3) is 0.450. The van der Waals surface area contributed by atoms with Gasteiger partial charge in [-0.25, -0.2) is 0 Å². The molecular formula is C20H30O2. The van der Waals surface area contributed by atoms with Crippen LogP contribution in [0.25, 0.3) is 0 Å². The van der Waals surface area contributed by atoms with Crippen molar-refractivity contribution in [2.45, 2.75) is 58.3 Å². The molecule has 0 spiro atoms. The van der Waals surface area contributed by atoms with E-state index in [2.05, 4.69) is 67.7 Å². The SMILES string of the molecule is CCC=CC/C=C\C/C=C\C/C=C\C/C=C\CCCC(=O)O. The molecule has 2 nitrogen and oxygen atoms in total. The molecule has 0 heterocycles. The highest BCUT2D eigenvalue weighted by atomic mass is 16.4. The minimum Gasteiger partial charge on any atom is -0.481 e. The number of carboxylic acid groups (broad SMARTS) is 1. The van der Waals surface area contributed by atoms with Gasteiger partial charge in [0.15, 0.2) is 0 Å². The Hall–Kier alpha value is -1.83. The second-order valence-corrected chi connectivity index (χ2v) is 4.99. The van der Waals surface area contributed by atoms with Gasteiger partial charge in [-0.2, -0.15) is 0 Å². The van der Waals surface area contributed by atoms with E-state index in [-0.39, 0.29) is 6.42 Å². The highest BCUT2D eigenvalue weighted by Gasteiger charge is 1.92. The third kappa shape index (κ3) is 18.2. The Labute approximate surface area is 135 Å². The van der Waals surface area contributed by atoms with Gasteiger partial charge in [-0.1, -0.05) is 67.7 Å². The molecule has 0 aromatic heterocycles. The summed E-state index contributed by atoms with van der Waals surface area (Å²) in [4.78, 5) is 10.3. The molecule has 0 radical (unpaired) electrons. The maximum atomic E-state index is 10.3. The number of unbranched alkanes of at least 4 members (excludes halogenated alkanes) is 1. The van der Waals surface area contributed by atoms with Crippen LogP contribution < -0.4 is 0 Å². The largest absolute Gasteiger partial charge is 0.481 e. The first-order valence-electron chi connectivity index (χ1n) is 8.24. The molecule has 2 heteroatoms. The number of carbonyl (C=O) groups is 1. The van der Waals surface area contributed by atoms with Gasteiger partial charge >= 0.3 is 5.97 Å². The van der Waals surface area contributed by atoms with Crippen molar-refractivity contribution in [2.24, 2.45) is 0 Å². The summed E-state index contributed by atoms with van der Waals surface area (Å²) in [7, 11) is 0. The van der Waals surface area contributed by atoms with Crippen molar-refractivity contribution in [3.05, 3.63) is 60.8 Å². The van der Waals surface area contributed by atoms with Gasteiger partial charge in [0.05, 0.1) is 0 Å². The van der Waals surface area contributed by atoms with Crippen LogP contribution >= 0.6 is 0 Å². The van der Waals surface area contributed by atoms with Crippen LogP contribution in [0, 0.1) is 0 Å². The van der Waals surface area contributed by atoms with Gasteiger partial charge in [-0.05, 0) is 44.9 Å². The van der Waals surface area contributed by atoms with Crippen molar-refractivity contribution in [3.63, 3.8) is 0 Å². The highest BCUT2D eigenvalue weighted by molar-refractivity contribution is 5.66. The molecule has 0 aliphatic rings. The van der Waals surface area contributed by atoms with E-state index in [1.807, 2.05) is 0 Å². The smallest absolute Gasteiger partial charge is 0.303 e. The van der Waals surface area contributed by atoms with Gasteiger partial charge < -0.3 is 5.11 Å². The quantitative estimate of drug-likeness (QED) is 0.335. The molecule has 0 rings (SSSR count). The standard InChI is InChI=1S/C20H30O2/c1-2-3-4-5-6-7-8-9-10-11-12-13-14-15-16-17-18-19-20(21)22/h3-4,6-7,9-10,12-13,15-16H,2,5,8,11,14,17-19H2,1H3,(H,21,22)/b4-3?,7-6-,10-9-,13-12-,16-15-. The predicted molar refractivity (Wildman–Crippen MR) is 95.9 cm³/mol. The summed E-state index contributed by atoms with van der Waals surface area (Å²) in [5, 5.41) is 8.49. The van der Waals surface area contributed by atoms with Crippen LogP contribution in [0.5, 0.6) is 0 Å². The number of allylic oxidation sites excluding steroid dienone is 10. The van der Waals surface area contributed by atoms with E-state index in [0.29, 0.717) is 0 Å². The average molecular weight is 302 g/mol. The lowest BCUT2D eigenvalue weighted by molar-refractivity contribution is -0.137. The van der Waals surface area contributed by atoms with Gasteiger partial charge in [0.1, 0.15) is 0 Å². The minimum absolute atomic E-state index is 0.258. The van der Waals surface area contributed by atoms with Gasteiger partial charge in [-0.15, -0.1) is 0 Å². The van der Waals surface area contributed by atoms with Crippen molar-refractivity contribution in [3.8, 4) is 0 Å². The Morgan fingerprint density at radius 2 is 1.14 bits per heavy atom. The molecule has 0 aromatic carbocycles. The number of aliphatic carboxylic acids is 1. The summed E-state index contributed by atoms with van der Waals surface area (Å²) in [5.41, 5.74) is 0. The van der Waals surface area contributed by atoms with Crippen molar-refractivity contribution in [2.75, 3.05) is 0 Å². The molecular weight excluding hydrogens is 272 g/mol. The maximum absolute atomic E-state index is 10.3. The molecule has 0 bridgehead atoms. The van der Waals surface area contributed by atoms with Crippen LogP contribution in [0.3, 0.4) is 0 Å². The highest BCUT2D eigenvalue weighted by Crippen LogP contribution is 1.99. The van der Waals surface area contributed by atoms with E-state index < -0.39 is 5.97 Å². The molecule has 0 aliphatic heterocycles. The molecule has 0 amide bonds. The van der Waals surface area contributed by atoms with E-state index >= 15 is 0 Å². The van der Waals surface area contributed by atoms with Crippen molar-refractivity contribution < 1.29 is 9.90 Å². The van der Waals surface area contributed by atoms with Crippen LogP contribution in [-0.2, 0) is 4.79 Å². The van der Waals surface area contributed by atoms with E-state index in [0.717, 1.165) is 44.9 Å². The Morgan fingerprint density at radius 3 is 1.55 bits per heavy atom. The molecule has 0 saturated heterocycles. The van der Waals surface area contributed by atoms with Crippen LogP contribution in [0.2, 0.25) is 0 Å². The fourth-order valence-electron chi connectivity index (χ4n) is 1.74. The Balaban J connectivity index is 3.46. The molecule has 0 aliphatic carbocycles. The fourth-order valence-corrected chi connectivity index (χ4v) is 1.74. The Bertz CT molecular complexity index is 398. The lowest BCUT2D eigenvalue weighted by atomic mass is 10.2. The second-order valence-electron chi connectivity index (χ2n) is 4.99. The van der Waals surface area contributed by atoms with Crippen LogP contribution in [0.1, 0.15) is 58.3 Å². The molecule has 0 fully saturated rings. The summed E-state index contributed by atoms with van der Waals surface area (Å²) in [6.07, 6.45) is 28.4. The summed E-state index contributed by atoms with van der Waals surface area (Å²) < 4.78 is 0. The van der Waals surface area contributed by atoms with Crippen molar-refractivity contribution >= 4 is 5.97 Å². The normalized spacial score (nSPS) is 12.8. The summed E-state index contributed by atoms with van der Waals surface area (Å²) in [5.74, 6) is -0.715. The summed E-state index contributed by atoms with van der Waals surface area (Å²) >= 11 is 0. The monoisotopic (exact) mass is 302 g/mol. The number of rotatable bonds is 13. The first kappa shape index (κ1) is 20.2. The van der Waals surface area contributed by atoms with Crippen LogP contribution in [-0.4, -0.2) is 11.1 Å². The number of carboxylic acids is 1. The van der Waals surface area contributed by atoms with Gasteiger partial charge in [-0.3, -0.25) is 4.79 Å². The number of hydrogen-bond acceptors (Lipinski definition) is 1. The van der Waals surface area contributed by atoms with Gasteiger partial charge in [0.2, 0.25) is 0 Å². The number of hydrogen-bond donors (Lipinski definition) is 1. The molecule has 122 valence electrons. The molecule has 0 saturated carbocycles. The Morgan fingerprint density at radius 1 is 0.727 bits per heavy atom. The van der Waals surface area contributed by atoms with Gasteiger partial charge in [0.25, 0.3) is 0 Å². The van der Waals surface area contributed by atoms with E-state index in [1.54, 1.807) is 0 Å². The zero-order valence-corrected chi connectivity index (χ0v) is 13.8. The zero-order valence-electron chi connectivity index (χ0n) is 13.8. The topological polar surface area (TPSA) is 37.3 Å². The van der Waals surface area contributed by atoms with Crippen LogP contribution in [0.15, 0.2) is 60.8 Å². The third-order valence-corrected chi connectivity index (χ3v) is 2.92. The minimum atomic E-state index is -0.715. The predicted octanol–water partition coefficient (Wildman–Crippen LogP) is 5.99. The second kappa shape index (κ2) is 17.2.